The van der Waals surface area contributed by atoms with Crippen LogP contribution in [0.15, 0.2) is 12.7 Å². The quantitative estimate of drug-likeness (QED) is 0.749. The minimum Gasteiger partial charge on any atom is -0.393 e. The molecule has 1 saturated carbocycles. The zero-order chi connectivity index (χ0) is 16.0. The second kappa shape index (κ2) is 5.40. The zero-order valence-corrected chi connectivity index (χ0v) is 13.0. The Balaban J connectivity index is 1.67. The molecule has 8 nitrogen and oxygen atoms in total. The SMILES string of the molecule is CC[C@]1(CO)O[C@@H](n2cnc3c(NC4CC4)ncnc32)C[C@@H]1O. The maximum Gasteiger partial charge on any atom is 0.167 e. The predicted octanol–water partition coefficient (Wildman–Crippen LogP) is 0.821. The summed E-state index contributed by atoms with van der Waals surface area (Å²) >= 11 is 0. The fourth-order valence-electron chi connectivity index (χ4n) is 3.14. The summed E-state index contributed by atoms with van der Waals surface area (Å²) in [6.07, 6.45) is 5.30. The lowest BCUT2D eigenvalue weighted by atomic mass is 9.95. The van der Waals surface area contributed by atoms with E-state index in [9.17, 15) is 10.2 Å². The van der Waals surface area contributed by atoms with E-state index in [1.54, 1.807) is 6.33 Å². The van der Waals surface area contributed by atoms with Crippen LogP contribution in [-0.4, -0.2) is 54.1 Å². The third-order valence-electron chi connectivity index (χ3n) is 4.86. The van der Waals surface area contributed by atoms with Crippen molar-refractivity contribution in [2.45, 2.75) is 56.6 Å². The number of nitrogens with zero attached hydrogens (tertiary/aromatic N) is 4. The molecule has 0 bridgehead atoms. The van der Waals surface area contributed by atoms with E-state index in [-0.39, 0.29) is 6.61 Å². The molecular formula is C15H21N5O3. The van der Waals surface area contributed by atoms with Gasteiger partial charge in [-0.2, -0.15) is 0 Å². The number of nitrogens with one attached hydrogen (secondary N) is 1. The monoisotopic (exact) mass is 319 g/mol. The lowest BCUT2D eigenvalue weighted by molar-refractivity contribution is -0.128. The number of ether oxygens (including phenoxy) is 1. The molecule has 8 heteroatoms. The molecule has 1 aliphatic carbocycles. The van der Waals surface area contributed by atoms with Gasteiger partial charge in [0.05, 0.1) is 19.0 Å². The number of imidazole rings is 1. The third-order valence-corrected chi connectivity index (χ3v) is 4.86. The van der Waals surface area contributed by atoms with Crippen LogP contribution in [0.5, 0.6) is 0 Å². The van der Waals surface area contributed by atoms with Crippen molar-refractivity contribution in [1.29, 1.82) is 0 Å². The molecule has 0 spiro atoms. The lowest BCUT2D eigenvalue weighted by Crippen LogP contribution is -2.42. The van der Waals surface area contributed by atoms with Crippen LogP contribution in [0.1, 0.15) is 38.8 Å². The number of hydrogen-bond acceptors (Lipinski definition) is 7. The summed E-state index contributed by atoms with van der Waals surface area (Å²) in [5.74, 6) is 0.735. The van der Waals surface area contributed by atoms with Crippen molar-refractivity contribution in [1.82, 2.24) is 19.5 Å². The number of hydrogen-bond donors (Lipinski definition) is 3. The van der Waals surface area contributed by atoms with Crippen molar-refractivity contribution in [3.63, 3.8) is 0 Å². The fourth-order valence-corrected chi connectivity index (χ4v) is 3.14. The molecule has 3 atom stereocenters. The first kappa shape index (κ1) is 14.8. The van der Waals surface area contributed by atoms with Crippen molar-refractivity contribution in [3.05, 3.63) is 12.7 Å². The van der Waals surface area contributed by atoms with Gasteiger partial charge in [-0.25, -0.2) is 15.0 Å². The van der Waals surface area contributed by atoms with Gasteiger partial charge in [0.25, 0.3) is 0 Å². The maximum absolute atomic E-state index is 10.3. The van der Waals surface area contributed by atoms with Crippen LogP contribution in [0.3, 0.4) is 0 Å². The van der Waals surface area contributed by atoms with Crippen LogP contribution < -0.4 is 5.32 Å². The lowest BCUT2D eigenvalue weighted by Gasteiger charge is -2.28. The molecule has 2 fully saturated rings. The molecule has 0 amide bonds. The standard InChI is InChI=1S/C15H21N5O3/c1-2-15(6-21)10(22)5-11(23-15)20-8-18-12-13(19-9-3-4-9)16-7-17-14(12)20/h7-11,21-22H,2-6H2,1H3,(H,16,17,19)/t10-,11+,15+/m0/s1. The summed E-state index contributed by atoms with van der Waals surface area (Å²) in [4.78, 5) is 13.0. The van der Waals surface area contributed by atoms with Crippen molar-refractivity contribution in [2.75, 3.05) is 11.9 Å². The van der Waals surface area contributed by atoms with Crippen molar-refractivity contribution >= 4 is 17.0 Å². The highest BCUT2D eigenvalue weighted by molar-refractivity contribution is 5.83. The van der Waals surface area contributed by atoms with E-state index in [1.807, 2.05) is 11.5 Å². The van der Waals surface area contributed by atoms with E-state index in [1.165, 1.54) is 6.33 Å². The average molecular weight is 319 g/mol. The van der Waals surface area contributed by atoms with E-state index in [4.69, 9.17) is 4.74 Å². The summed E-state index contributed by atoms with van der Waals surface area (Å²) < 4.78 is 7.80. The Kier molecular flexibility index (Phi) is 3.47. The molecule has 0 aromatic carbocycles. The highest BCUT2D eigenvalue weighted by Gasteiger charge is 2.47. The summed E-state index contributed by atoms with van der Waals surface area (Å²) in [7, 11) is 0. The van der Waals surface area contributed by atoms with Gasteiger partial charge >= 0.3 is 0 Å². The number of fused-ring (bicyclic) bond motifs is 1. The fraction of sp³-hybridized carbons (Fsp3) is 0.667. The van der Waals surface area contributed by atoms with Gasteiger partial charge < -0.3 is 20.3 Å². The number of aromatic nitrogens is 4. The van der Waals surface area contributed by atoms with Gasteiger partial charge in [-0.15, -0.1) is 0 Å². The molecule has 4 rings (SSSR count). The van der Waals surface area contributed by atoms with Gasteiger partial charge in [0.15, 0.2) is 17.0 Å². The normalized spacial score (nSPS) is 30.9. The molecule has 23 heavy (non-hydrogen) atoms. The van der Waals surface area contributed by atoms with E-state index >= 15 is 0 Å². The highest BCUT2D eigenvalue weighted by Crippen LogP contribution is 2.40. The van der Waals surface area contributed by atoms with Gasteiger partial charge in [0.1, 0.15) is 18.2 Å². The smallest absolute Gasteiger partial charge is 0.167 e. The second-order valence-corrected chi connectivity index (χ2v) is 6.37. The first-order valence-electron chi connectivity index (χ1n) is 8.07. The molecule has 1 aliphatic heterocycles. The first-order valence-corrected chi connectivity index (χ1v) is 8.07. The van der Waals surface area contributed by atoms with E-state index in [0.717, 1.165) is 18.7 Å². The Labute approximate surface area is 133 Å². The van der Waals surface area contributed by atoms with Gasteiger partial charge in [-0.05, 0) is 19.3 Å². The Morgan fingerprint density at radius 3 is 2.87 bits per heavy atom. The summed E-state index contributed by atoms with van der Waals surface area (Å²) in [6, 6.07) is 0.477. The molecular weight excluding hydrogens is 298 g/mol. The molecule has 2 aliphatic rings. The molecule has 3 N–H and O–H groups in total. The van der Waals surface area contributed by atoms with E-state index in [0.29, 0.717) is 30.0 Å². The largest absolute Gasteiger partial charge is 0.393 e. The average Bonchev–Trinajstić information content (AvgIpc) is 3.16. The molecule has 0 unspecified atom stereocenters. The Hall–Kier alpha value is -1.77. The topological polar surface area (TPSA) is 105 Å². The molecule has 0 radical (unpaired) electrons. The summed E-state index contributed by atoms with van der Waals surface area (Å²) in [5.41, 5.74) is 0.462. The summed E-state index contributed by atoms with van der Waals surface area (Å²) in [5, 5.41) is 23.3. The van der Waals surface area contributed by atoms with Crippen LogP contribution in [0.2, 0.25) is 0 Å². The number of rotatable bonds is 5. The summed E-state index contributed by atoms with van der Waals surface area (Å²) in [6.45, 7) is 1.69. The molecule has 1 saturated heterocycles. The van der Waals surface area contributed by atoms with E-state index < -0.39 is 17.9 Å². The Morgan fingerprint density at radius 2 is 2.22 bits per heavy atom. The molecule has 124 valence electrons. The van der Waals surface area contributed by atoms with Gasteiger partial charge in [-0.1, -0.05) is 6.92 Å². The van der Waals surface area contributed by atoms with Crippen LogP contribution in [0.4, 0.5) is 5.82 Å². The van der Waals surface area contributed by atoms with Gasteiger partial charge in [0, 0.05) is 12.5 Å². The van der Waals surface area contributed by atoms with Crippen LogP contribution >= 0.6 is 0 Å². The highest BCUT2D eigenvalue weighted by atomic mass is 16.6. The number of aliphatic hydroxyl groups is 2. The van der Waals surface area contributed by atoms with Crippen molar-refractivity contribution < 1.29 is 14.9 Å². The minimum absolute atomic E-state index is 0.211. The van der Waals surface area contributed by atoms with Gasteiger partial charge in [0.2, 0.25) is 0 Å². The predicted molar refractivity (Wildman–Crippen MR) is 82.8 cm³/mol. The van der Waals surface area contributed by atoms with Gasteiger partial charge in [-0.3, -0.25) is 4.57 Å². The molecule has 3 heterocycles. The Bertz CT molecular complexity index is 710. The zero-order valence-electron chi connectivity index (χ0n) is 13.0. The first-order chi connectivity index (χ1) is 11.2. The molecule has 2 aromatic heterocycles. The molecule has 2 aromatic rings. The second-order valence-electron chi connectivity index (χ2n) is 6.37. The maximum atomic E-state index is 10.3. The third kappa shape index (κ3) is 2.37. The number of aliphatic hydroxyl groups excluding tert-OH is 2. The van der Waals surface area contributed by atoms with Crippen LogP contribution in [0, 0.1) is 0 Å². The minimum atomic E-state index is -0.913. The Morgan fingerprint density at radius 1 is 1.39 bits per heavy atom. The van der Waals surface area contributed by atoms with Crippen molar-refractivity contribution in [2.24, 2.45) is 0 Å². The van der Waals surface area contributed by atoms with Crippen molar-refractivity contribution in [3.8, 4) is 0 Å². The van der Waals surface area contributed by atoms with E-state index in [2.05, 4.69) is 20.3 Å². The van der Waals surface area contributed by atoms with Crippen LogP contribution in [0.25, 0.3) is 11.2 Å². The van der Waals surface area contributed by atoms with Crippen LogP contribution in [-0.2, 0) is 4.74 Å². The number of anilines is 1.